The Morgan fingerprint density at radius 2 is 2.42 bits per heavy atom. The first-order valence-electron chi connectivity index (χ1n) is 6.55. The number of hydrogen-bond donors (Lipinski definition) is 2. The van der Waals surface area contributed by atoms with Crippen LogP contribution in [0.1, 0.15) is 30.1 Å². The highest BCUT2D eigenvalue weighted by atomic mass is 16.1. The topological polar surface area (TPSA) is 71.3 Å². The summed E-state index contributed by atoms with van der Waals surface area (Å²) >= 11 is 0. The van der Waals surface area contributed by atoms with Crippen LogP contribution in [0.4, 0.5) is 0 Å². The van der Waals surface area contributed by atoms with Gasteiger partial charge in [-0.25, -0.2) is 4.52 Å². The van der Waals surface area contributed by atoms with E-state index < -0.39 is 0 Å². The van der Waals surface area contributed by atoms with E-state index in [2.05, 4.69) is 27.6 Å². The maximum Gasteiger partial charge on any atom is 0.255 e. The average Bonchev–Trinajstić information content (AvgIpc) is 2.82. The molecule has 1 amide bonds. The summed E-state index contributed by atoms with van der Waals surface area (Å²) in [6.45, 7) is 3.08. The van der Waals surface area contributed by atoms with Crippen LogP contribution in [0.2, 0.25) is 0 Å². The van der Waals surface area contributed by atoms with Crippen LogP contribution in [0.3, 0.4) is 0 Å². The molecule has 0 radical (unpaired) electrons. The van der Waals surface area contributed by atoms with E-state index in [0.717, 1.165) is 24.9 Å². The Bertz CT molecular complexity index is 593. The molecule has 6 heteroatoms. The van der Waals surface area contributed by atoms with Gasteiger partial charge in [0.2, 0.25) is 0 Å². The highest BCUT2D eigenvalue weighted by Crippen LogP contribution is 2.12. The van der Waals surface area contributed by atoms with Crippen molar-refractivity contribution < 1.29 is 4.79 Å². The smallest absolute Gasteiger partial charge is 0.255 e. The molecule has 19 heavy (non-hydrogen) atoms. The summed E-state index contributed by atoms with van der Waals surface area (Å²) in [5.41, 5.74) is 1.32. The first kappa shape index (κ1) is 12.1. The zero-order chi connectivity index (χ0) is 13.2. The van der Waals surface area contributed by atoms with Gasteiger partial charge in [0, 0.05) is 24.5 Å². The van der Waals surface area contributed by atoms with Crippen molar-refractivity contribution in [1.82, 2.24) is 25.2 Å². The Morgan fingerprint density at radius 1 is 1.53 bits per heavy atom. The molecule has 3 heterocycles. The molecule has 0 saturated carbocycles. The summed E-state index contributed by atoms with van der Waals surface area (Å²) in [4.78, 5) is 16.3. The van der Waals surface area contributed by atoms with Crippen molar-refractivity contribution in [3.63, 3.8) is 0 Å². The zero-order valence-corrected chi connectivity index (χ0v) is 10.8. The average molecular weight is 259 g/mol. The number of carbonyl (C=O) groups is 1. The van der Waals surface area contributed by atoms with Crippen molar-refractivity contribution in [3.05, 3.63) is 30.4 Å². The molecule has 0 aromatic carbocycles. The van der Waals surface area contributed by atoms with Gasteiger partial charge in [-0.05, 0) is 26.3 Å². The maximum atomic E-state index is 12.3. The van der Waals surface area contributed by atoms with E-state index in [1.54, 1.807) is 29.3 Å². The van der Waals surface area contributed by atoms with Crippen LogP contribution in [-0.2, 0) is 0 Å². The Balaban J connectivity index is 1.76. The van der Waals surface area contributed by atoms with Crippen molar-refractivity contribution >= 4 is 11.4 Å². The molecule has 100 valence electrons. The predicted octanol–water partition coefficient (Wildman–Crippen LogP) is 0.600. The number of piperidine rings is 1. The van der Waals surface area contributed by atoms with E-state index >= 15 is 0 Å². The van der Waals surface area contributed by atoms with Gasteiger partial charge in [-0.1, -0.05) is 0 Å². The molecular formula is C13H17N5O. The normalized spacial score (nSPS) is 23.4. The third-order valence-corrected chi connectivity index (χ3v) is 3.53. The van der Waals surface area contributed by atoms with Crippen LogP contribution in [-0.4, -0.2) is 39.1 Å². The van der Waals surface area contributed by atoms with Gasteiger partial charge in [-0.2, -0.15) is 5.10 Å². The van der Waals surface area contributed by atoms with E-state index in [1.807, 2.05) is 0 Å². The van der Waals surface area contributed by atoms with Gasteiger partial charge >= 0.3 is 0 Å². The third kappa shape index (κ3) is 2.44. The molecule has 2 unspecified atom stereocenters. The van der Waals surface area contributed by atoms with Crippen LogP contribution in [0, 0.1) is 0 Å². The molecular weight excluding hydrogens is 242 g/mol. The fraction of sp³-hybridized carbons (Fsp3) is 0.462. The second-order valence-electron chi connectivity index (χ2n) is 5.01. The second kappa shape index (κ2) is 4.97. The Labute approximate surface area is 111 Å². The molecule has 2 aromatic heterocycles. The zero-order valence-electron chi connectivity index (χ0n) is 10.8. The number of nitrogens with zero attached hydrogens (tertiary/aromatic N) is 3. The number of rotatable bonds is 2. The van der Waals surface area contributed by atoms with Crippen LogP contribution >= 0.6 is 0 Å². The highest BCUT2D eigenvalue weighted by molar-refractivity contribution is 6.00. The molecule has 0 bridgehead atoms. The fourth-order valence-electron chi connectivity index (χ4n) is 2.54. The van der Waals surface area contributed by atoms with Gasteiger partial charge in [0.1, 0.15) is 0 Å². The number of carbonyl (C=O) groups excluding carboxylic acids is 1. The molecule has 0 spiro atoms. The first-order valence-corrected chi connectivity index (χ1v) is 6.55. The van der Waals surface area contributed by atoms with E-state index in [0.29, 0.717) is 11.6 Å². The van der Waals surface area contributed by atoms with Gasteiger partial charge in [-0.15, -0.1) is 0 Å². The van der Waals surface area contributed by atoms with Crippen LogP contribution in [0.5, 0.6) is 0 Å². The summed E-state index contributed by atoms with van der Waals surface area (Å²) in [7, 11) is 0. The molecule has 1 fully saturated rings. The summed E-state index contributed by atoms with van der Waals surface area (Å²) in [6, 6.07) is 0.681. The molecule has 3 rings (SSSR count). The predicted molar refractivity (Wildman–Crippen MR) is 70.9 cm³/mol. The molecule has 2 atom stereocenters. The minimum atomic E-state index is -0.0675. The monoisotopic (exact) mass is 259 g/mol. The Hall–Kier alpha value is -1.95. The second-order valence-corrected chi connectivity index (χ2v) is 5.01. The lowest BCUT2D eigenvalue weighted by Gasteiger charge is -2.28. The number of aromatic nitrogens is 3. The van der Waals surface area contributed by atoms with Gasteiger partial charge in [0.05, 0.1) is 23.5 Å². The highest BCUT2D eigenvalue weighted by Gasteiger charge is 2.21. The van der Waals surface area contributed by atoms with Crippen molar-refractivity contribution in [3.8, 4) is 0 Å². The number of fused-ring (bicyclic) bond motifs is 1. The lowest BCUT2D eigenvalue weighted by Crippen LogP contribution is -2.46. The molecule has 1 aliphatic heterocycles. The van der Waals surface area contributed by atoms with Crippen LogP contribution < -0.4 is 10.6 Å². The van der Waals surface area contributed by atoms with Crippen molar-refractivity contribution in [2.24, 2.45) is 0 Å². The minimum Gasteiger partial charge on any atom is -0.349 e. The SMILES string of the molecule is CC1CC(NC(=O)c2cnn3ccncc23)CCN1. The Morgan fingerprint density at radius 3 is 3.26 bits per heavy atom. The quantitative estimate of drug-likeness (QED) is 0.828. The Kier molecular flexibility index (Phi) is 3.16. The molecule has 0 aliphatic carbocycles. The summed E-state index contributed by atoms with van der Waals surface area (Å²) in [5, 5.41) is 10.6. The number of nitrogens with one attached hydrogen (secondary N) is 2. The summed E-state index contributed by atoms with van der Waals surface area (Å²) in [6.07, 6.45) is 8.56. The van der Waals surface area contributed by atoms with Crippen molar-refractivity contribution in [2.45, 2.75) is 31.8 Å². The maximum absolute atomic E-state index is 12.3. The van der Waals surface area contributed by atoms with Gasteiger partial charge in [0.25, 0.3) is 5.91 Å². The fourth-order valence-corrected chi connectivity index (χ4v) is 2.54. The van der Waals surface area contributed by atoms with Crippen LogP contribution in [0.15, 0.2) is 24.8 Å². The lowest BCUT2D eigenvalue weighted by molar-refractivity contribution is 0.0927. The van der Waals surface area contributed by atoms with E-state index in [1.165, 1.54) is 0 Å². The van der Waals surface area contributed by atoms with Gasteiger partial charge < -0.3 is 10.6 Å². The first-order chi connectivity index (χ1) is 9.24. The van der Waals surface area contributed by atoms with Crippen molar-refractivity contribution in [2.75, 3.05) is 6.54 Å². The summed E-state index contributed by atoms with van der Waals surface area (Å²) < 4.78 is 1.66. The largest absolute Gasteiger partial charge is 0.349 e. The molecule has 2 N–H and O–H groups in total. The van der Waals surface area contributed by atoms with Crippen molar-refractivity contribution in [1.29, 1.82) is 0 Å². The van der Waals surface area contributed by atoms with E-state index in [4.69, 9.17) is 0 Å². The number of hydrogen-bond acceptors (Lipinski definition) is 4. The molecule has 2 aromatic rings. The van der Waals surface area contributed by atoms with Gasteiger partial charge in [-0.3, -0.25) is 9.78 Å². The standard InChI is InChI=1S/C13H17N5O/c1-9-6-10(2-3-15-9)17-13(19)11-7-16-18-5-4-14-8-12(11)18/h4-5,7-10,15H,2-3,6H2,1H3,(H,17,19). The molecule has 1 saturated heterocycles. The van der Waals surface area contributed by atoms with E-state index in [9.17, 15) is 4.79 Å². The lowest BCUT2D eigenvalue weighted by atomic mass is 10.0. The number of amides is 1. The molecule has 6 nitrogen and oxygen atoms in total. The minimum absolute atomic E-state index is 0.0675. The summed E-state index contributed by atoms with van der Waals surface area (Å²) in [5.74, 6) is -0.0675. The van der Waals surface area contributed by atoms with Crippen LogP contribution in [0.25, 0.3) is 5.52 Å². The van der Waals surface area contributed by atoms with E-state index in [-0.39, 0.29) is 11.9 Å². The molecule has 1 aliphatic rings. The third-order valence-electron chi connectivity index (χ3n) is 3.53. The van der Waals surface area contributed by atoms with Gasteiger partial charge in [0.15, 0.2) is 0 Å².